The van der Waals surface area contributed by atoms with Crippen LogP contribution in [0.5, 0.6) is 0 Å². The minimum atomic E-state index is -0.269. The van der Waals surface area contributed by atoms with Crippen LogP contribution in [0, 0.1) is 11.3 Å². The second kappa shape index (κ2) is 6.00. The zero-order valence-electron chi connectivity index (χ0n) is 9.01. The van der Waals surface area contributed by atoms with Gasteiger partial charge in [0.25, 0.3) is 0 Å². The number of rotatable bonds is 4. The molecule has 0 amide bonds. The first-order chi connectivity index (χ1) is 6.83. The van der Waals surface area contributed by atoms with Crippen molar-refractivity contribution in [1.29, 1.82) is 5.26 Å². The molecule has 1 N–H and O–H groups in total. The zero-order chi connectivity index (χ0) is 10.3. The van der Waals surface area contributed by atoms with Crippen LogP contribution in [0.1, 0.15) is 38.5 Å². The lowest BCUT2D eigenvalue weighted by molar-refractivity contribution is 0.188. The van der Waals surface area contributed by atoms with Crippen LogP contribution in [-0.2, 0) is 4.74 Å². The molecule has 1 fully saturated rings. The number of methoxy groups -OCH3 is 1. The molecule has 0 aromatic carbocycles. The molecular formula is C11H20N2O. The summed E-state index contributed by atoms with van der Waals surface area (Å²) in [6.07, 6.45) is 6.88. The molecule has 0 atom stereocenters. The van der Waals surface area contributed by atoms with E-state index in [1.807, 2.05) is 0 Å². The Labute approximate surface area is 86.4 Å². The molecule has 3 nitrogen and oxygen atoms in total. The van der Waals surface area contributed by atoms with Crippen molar-refractivity contribution in [2.45, 2.75) is 44.1 Å². The summed E-state index contributed by atoms with van der Waals surface area (Å²) in [7, 11) is 1.69. The number of ether oxygens (including phenoxy) is 1. The second-order valence-electron chi connectivity index (χ2n) is 4.03. The molecule has 0 heterocycles. The predicted octanol–water partition coefficient (Wildman–Crippen LogP) is 1.84. The molecule has 0 saturated heterocycles. The van der Waals surface area contributed by atoms with E-state index >= 15 is 0 Å². The van der Waals surface area contributed by atoms with E-state index in [1.165, 1.54) is 25.7 Å². The van der Waals surface area contributed by atoms with Gasteiger partial charge < -0.3 is 4.74 Å². The molecule has 14 heavy (non-hydrogen) atoms. The Morgan fingerprint density at radius 1 is 1.29 bits per heavy atom. The molecule has 0 aromatic rings. The molecule has 0 bridgehead atoms. The number of nitrogens with one attached hydrogen (secondary N) is 1. The maximum atomic E-state index is 9.21. The Bertz CT molecular complexity index is 190. The molecule has 0 spiro atoms. The van der Waals surface area contributed by atoms with Crippen molar-refractivity contribution < 1.29 is 4.74 Å². The average Bonchev–Trinajstić information content (AvgIpc) is 2.45. The molecule has 1 aliphatic rings. The molecule has 0 aromatic heterocycles. The first-order valence-corrected chi connectivity index (χ1v) is 5.48. The van der Waals surface area contributed by atoms with Crippen molar-refractivity contribution in [3.63, 3.8) is 0 Å². The maximum absolute atomic E-state index is 9.21. The van der Waals surface area contributed by atoms with E-state index in [9.17, 15) is 5.26 Å². The second-order valence-corrected chi connectivity index (χ2v) is 4.03. The Morgan fingerprint density at radius 3 is 2.43 bits per heavy atom. The zero-order valence-corrected chi connectivity index (χ0v) is 9.01. The summed E-state index contributed by atoms with van der Waals surface area (Å²) < 4.78 is 4.98. The van der Waals surface area contributed by atoms with Crippen LogP contribution < -0.4 is 5.32 Å². The summed E-state index contributed by atoms with van der Waals surface area (Å²) in [6.45, 7) is 1.47. The van der Waals surface area contributed by atoms with Crippen molar-refractivity contribution in [1.82, 2.24) is 5.32 Å². The minimum absolute atomic E-state index is 0.269. The van der Waals surface area contributed by atoms with Crippen LogP contribution in [0.25, 0.3) is 0 Å². The van der Waals surface area contributed by atoms with Gasteiger partial charge in [-0.05, 0) is 12.8 Å². The number of hydrogen-bond donors (Lipinski definition) is 1. The smallest absolute Gasteiger partial charge is 0.106 e. The van der Waals surface area contributed by atoms with Gasteiger partial charge in [-0.2, -0.15) is 5.26 Å². The summed E-state index contributed by atoms with van der Waals surface area (Å²) >= 11 is 0. The van der Waals surface area contributed by atoms with Crippen molar-refractivity contribution in [3.05, 3.63) is 0 Å². The van der Waals surface area contributed by atoms with Crippen LogP contribution in [0.15, 0.2) is 0 Å². The molecular weight excluding hydrogens is 176 g/mol. The highest BCUT2D eigenvalue weighted by molar-refractivity contribution is 5.07. The fraction of sp³-hybridized carbons (Fsp3) is 0.909. The van der Waals surface area contributed by atoms with Gasteiger partial charge in [0.15, 0.2) is 0 Å². The number of nitrogens with zero attached hydrogens (tertiary/aromatic N) is 1. The van der Waals surface area contributed by atoms with E-state index in [0.29, 0.717) is 6.61 Å². The van der Waals surface area contributed by atoms with E-state index in [4.69, 9.17) is 4.74 Å². The monoisotopic (exact) mass is 196 g/mol. The highest BCUT2D eigenvalue weighted by Crippen LogP contribution is 2.26. The third-order valence-corrected chi connectivity index (χ3v) is 2.94. The minimum Gasteiger partial charge on any atom is -0.383 e. The fourth-order valence-corrected chi connectivity index (χ4v) is 2.05. The maximum Gasteiger partial charge on any atom is 0.106 e. The summed E-state index contributed by atoms with van der Waals surface area (Å²) in [5.74, 6) is 0. The molecule has 3 heteroatoms. The Morgan fingerprint density at radius 2 is 1.93 bits per heavy atom. The normalized spacial score (nSPS) is 21.1. The van der Waals surface area contributed by atoms with Gasteiger partial charge in [-0.25, -0.2) is 0 Å². The van der Waals surface area contributed by atoms with Gasteiger partial charge in [-0.1, -0.05) is 25.7 Å². The Kier molecular flexibility index (Phi) is 4.92. The standard InChI is InChI=1S/C11H20N2O/c1-14-9-8-13-11(10-12)6-4-2-3-5-7-11/h13H,2-9H2,1H3. The quantitative estimate of drug-likeness (QED) is 0.551. The lowest BCUT2D eigenvalue weighted by Crippen LogP contribution is -2.44. The largest absolute Gasteiger partial charge is 0.383 e. The fourth-order valence-electron chi connectivity index (χ4n) is 2.05. The van der Waals surface area contributed by atoms with Crippen LogP contribution >= 0.6 is 0 Å². The Balaban J connectivity index is 2.42. The van der Waals surface area contributed by atoms with Crippen LogP contribution in [0.3, 0.4) is 0 Å². The molecule has 0 aliphatic heterocycles. The molecule has 1 saturated carbocycles. The van der Waals surface area contributed by atoms with E-state index < -0.39 is 0 Å². The van der Waals surface area contributed by atoms with Crippen molar-refractivity contribution >= 4 is 0 Å². The highest BCUT2D eigenvalue weighted by atomic mass is 16.5. The van der Waals surface area contributed by atoms with Gasteiger partial charge in [0, 0.05) is 13.7 Å². The van der Waals surface area contributed by atoms with Crippen molar-refractivity contribution in [2.24, 2.45) is 0 Å². The van der Waals surface area contributed by atoms with E-state index in [1.54, 1.807) is 7.11 Å². The molecule has 0 radical (unpaired) electrons. The van der Waals surface area contributed by atoms with Crippen molar-refractivity contribution in [2.75, 3.05) is 20.3 Å². The summed E-state index contributed by atoms with van der Waals surface area (Å²) in [5.41, 5.74) is -0.269. The van der Waals surface area contributed by atoms with Gasteiger partial charge in [0.05, 0.1) is 12.7 Å². The third-order valence-electron chi connectivity index (χ3n) is 2.94. The average molecular weight is 196 g/mol. The van der Waals surface area contributed by atoms with Gasteiger partial charge in [0.1, 0.15) is 5.54 Å². The van der Waals surface area contributed by atoms with Gasteiger partial charge in [-0.3, -0.25) is 5.32 Å². The first kappa shape index (κ1) is 11.5. The van der Waals surface area contributed by atoms with E-state index in [0.717, 1.165) is 19.4 Å². The Hall–Kier alpha value is -0.590. The highest BCUT2D eigenvalue weighted by Gasteiger charge is 2.29. The summed E-state index contributed by atoms with van der Waals surface area (Å²) in [6, 6.07) is 2.45. The molecule has 1 aliphatic carbocycles. The topological polar surface area (TPSA) is 45.0 Å². The van der Waals surface area contributed by atoms with E-state index in [-0.39, 0.29) is 5.54 Å². The lowest BCUT2D eigenvalue weighted by atomic mass is 9.92. The van der Waals surface area contributed by atoms with Crippen LogP contribution in [0.4, 0.5) is 0 Å². The summed E-state index contributed by atoms with van der Waals surface area (Å²) in [4.78, 5) is 0. The number of nitriles is 1. The molecule has 80 valence electrons. The lowest BCUT2D eigenvalue weighted by Gasteiger charge is -2.26. The number of hydrogen-bond acceptors (Lipinski definition) is 3. The summed E-state index contributed by atoms with van der Waals surface area (Å²) in [5, 5.41) is 12.6. The van der Waals surface area contributed by atoms with E-state index in [2.05, 4.69) is 11.4 Å². The molecule has 0 unspecified atom stereocenters. The predicted molar refractivity (Wildman–Crippen MR) is 55.9 cm³/mol. The van der Waals surface area contributed by atoms with Gasteiger partial charge >= 0.3 is 0 Å². The molecule has 1 rings (SSSR count). The third kappa shape index (κ3) is 3.28. The van der Waals surface area contributed by atoms with Gasteiger partial charge in [-0.15, -0.1) is 0 Å². The van der Waals surface area contributed by atoms with Crippen molar-refractivity contribution in [3.8, 4) is 6.07 Å². The SMILES string of the molecule is COCCNC1(C#N)CCCCCC1. The van der Waals surface area contributed by atoms with Crippen LogP contribution in [0.2, 0.25) is 0 Å². The first-order valence-electron chi connectivity index (χ1n) is 5.48. The van der Waals surface area contributed by atoms with Crippen LogP contribution in [-0.4, -0.2) is 25.8 Å². The van der Waals surface area contributed by atoms with Gasteiger partial charge in [0.2, 0.25) is 0 Å².